The Morgan fingerprint density at radius 2 is 1.96 bits per heavy atom. The van der Waals surface area contributed by atoms with Crippen LogP contribution in [-0.4, -0.2) is 28.2 Å². The van der Waals surface area contributed by atoms with Crippen molar-refractivity contribution in [2.75, 3.05) is 18.0 Å². The fourth-order valence-corrected chi connectivity index (χ4v) is 3.32. The van der Waals surface area contributed by atoms with Gasteiger partial charge >= 0.3 is 6.18 Å². The summed E-state index contributed by atoms with van der Waals surface area (Å²) < 4.78 is 39.5. The van der Waals surface area contributed by atoms with E-state index in [1.54, 1.807) is 29.4 Å². The summed E-state index contributed by atoms with van der Waals surface area (Å²) in [7, 11) is 0. The van der Waals surface area contributed by atoms with Gasteiger partial charge in [0.25, 0.3) is 0 Å². The van der Waals surface area contributed by atoms with Crippen LogP contribution in [0.15, 0.2) is 36.8 Å². The molecule has 8 heteroatoms. The summed E-state index contributed by atoms with van der Waals surface area (Å²) in [4.78, 5) is 9.10. The van der Waals surface area contributed by atoms with Gasteiger partial charge in [-0.05, 0) is 36.5 Å². The van der Waals surface area contributed by atoms with Gasteiger partial charge < -0.3 is 10.0 Å². The molecule has 1 saturated heterocycles. The van der Waals surface area contributed by atoms with Gasteiger partial charge in [-0.15, -0.1) is 0 Å². The SMILES string of the molecule is OC(c1cccnc1)C1CCN(c2cc(Cl)cnc2C(F)(F)F)CC1. The standard InChI is InChI=1S/C17H17ClF3N3O/c18-13-8-14(16(23-10-13)17(19,20)21)24-6-3-11(4-7-24)15(25)12-2-1-5-22-9-12/h1-2,5,8-11,15,25H,3-4,6-7H2. The molecule has 1 fully saturated rings. The molecule has 0 radical (unpaired) electrons. The van der Waals surface area contributed by atoms with E-state index in [4.69, 9.17) is 11.6 Å². The quantitative estimate of drug-likeness (QED) is 0.882. The number of hydrogen-bond acceptors (Lipinski definition) is 4. The summed E-state index contributed by atoms with van der Waals surface area (Å²) in [6.45, 7) is 0.792. The highest BCUT2D eigenvalue weighted by Crippen LogP contribution is 2.39. The smallest absolute Gasteiger partial charge is 0.388 e. The molecule has 1 unspecified atom stereocenters. The Hall–Kier alpha value is -1.86. The summed E-state index contributed by atoms with van der Waals surface area (Å²) in [5.41, 5.74) is -0.209. The molecule has 3 heterocycles. The summed E-state index contributed by atoms with van der Waals surface area (Å²) in [6.07, 6.45) is 0.178. The molecule has 4 nitrogen and oxygen atoms in total. The largest absolute Gasteiger partial charge is 0.435 e. The maximum Gasteiger partial charge on any atom is 0.435 e. The summed E-state index contributed by atoms with van der Waals surface area (Å²) in [6, 6.07) is 4.85. The second kappa shape index (κ2) is 7.17. The first-order valence-corrected chi connectivity index (χ1v) is 8.29. The Kier molecular flexibility index (Phi) is 5.15. The Bertz CT molecular complexity index is 719. The third-order valence-electron chi connectivity index (χ3n) is 4.46. The van der Waals surface area contributed by atoms with Crippen LogP contribution in [0.3, 0.4) is 0 Å². The first kappa shape index (κ1) is 17.9. The van der Waals surface area contributed by atoms with Gasteiger partial charge in [-0.25, -0.2) is 4.98 Å². The van der Waals surface area contributed by atoms with E-state index >= 15 is 0 Å². The van der Waals surface area contributed by atoms with Gasteiger partial charge in [-0.1, -0.05) is 17.7 Å². The van der Waals surface area contributed by atoms with Crippen LogP contribution < -0.4 is 4.90 Å². The number of rotatable bonds is 3. The van der Waals surface area contributed by atoms with Crippen molar-refractivity contribution in [3.8, 4) is 0 Å². The Morgan fingerprint density at radius 1 is 1.24 bits per heavy atom. The average molecular weight is 372 g/mol. The number of hydrogen-bond donors (Lipinski definition) is 1. The van der Waals surface area contributed by atoms with E-state index in [0.29, 0.717) is 25.9 Å². The molecule has 1 aliphatic heterocycles. The lowest BCUT2D eigenvalue weighted by Crippen LogP contribution is -2.37. The van der Waals surface area contributed by atoms with Crippen LogP contribution >= 0.6 is 11.6 Å². The molecule has 1 aliphatic rings. The number of piperidine rings is 1. The van der Waals surface area contributed by atoms with Crippen LogP contribution in [0.4, 0.5) is 18.9 Å². The van der Waals surface area contributed by atoms with E-state index in [2.05, 4.69) is 9.97 Å². The van der Waals surface area contributed by atoms with Crippen molar-refractivity contribution in [1.29, 1.82) is 0 Å². The van der Waals surface area contributed by atoms with Gasteiger partial charge in [0.2, 0.25) is 0 Å². The molecule has 1 atom stereocenters. The molecule has 2 aromatic heterocycles. The molecule has 2 aromatic rings. The highest BCUT2D eigenvalue weighted by atomic mass is 35.5. The molecule has 3 rings (SSSR count). The van der Waals surface area contributed by atoms with E-state index in [1.807, 2.05) is 0 Å². The first-order chi connectivity index (χ1) is 11.9. The van der Waals surface area contributed by atoms with E-state index < -0.39 is 18.0 Å². The molecule has 1 N–H and O–H groups in total. The number of alkyl halides is 3. The van der Waals surface area contributed by atoms with E-state index in [-0.39, 0.29) is 16.6 Å². The van der Waals surface area contributed by atoms with Crippen molar-refractivity contribution in [3.63, 3.8) is 0 Å². The predicted octanol–water partition coefficient (Wildman–Crippen LogP) is 4.10. The molecule has 0 spiro atoms. The Balaban J connectivity index is 1.74. The zero-order chi connectivity index (χ0) is 18.0. The van der Waals surface area contributed by atoms with E-state index in [0.717, 1.165) is 11.8 Å². The topological polar surface area (TPSA) is 49.3 Å². The molecule has 25 heavy (non-hydrogen) atoms. The van der Waals surface area contributed by atoms with Gasteiger partial charge in [0, 0.05) is 31.7 Å². The molecule has 0 saturated carbocycles. The van der Waals surface area contributed by atoms with Crippen LogP contribution in [0.25, 0.3) is 0 Å². The van der Waals surface area contributed by atoms with Crippen LogP contribution in [0, 0.1) is 5.92 Å². The second-order valence-corrected chi connectivity index (χ2v) is 6.51. The van der Waals surface area contributed by atoms with Crippen LogP contribution in [-0.2, 0) is 6.18 Å². The van der Waals surface area contributed by atoms with E-state index in [1.165, 1.54) is 6.07 Å². The van der Waals surface area contributed by atoms with Crippen LogP contribution in [0.2, 0.25) is 5.02 Å². The molecular weight excluding hydrogens is 355 g/mol. The Labute approximate surface area is 148 Å². The van der Waals surface area contributed by atoms with Crippen molar-refractivity contribution < 1.29 is 18.3 Å². The number of aliphatic hydroxyl groups is 1. The molecule has 0 aromatic carbocycles. The van der Waals surface area contributed by atoms with Gasteiger partial charge in [0.15, 0.2) is 5.69 Å². The maximum atomic E-state index is 13.2. The van der Waals surface area contributed by atoms with Crippen LogP contribution in [0.5, 0.6) is 0 Å². The monoisotopic (exact) mass is 371 g/mol. The van der Waals surface area contributed by atoms with Gasteiger partial charge in [0.05, 0.1) is 16.8 Å². The fourth-order valence-electron chi connectivity index (χ4n) is 3.17. The minimum Gasteiger partial charge on any atom is -0.388 e. The van der Waals surface area contributed by atoms with Crippen molar-refractivity contribution in [2.24, 2.45) is 5.92 Å². The normalized spacial score (nSPS) is 17.6. The van der Waals surface area contributed by atoms with Crippen molar-refractivity contribution in [2.45, 2.75) is 25.1 Å². The molecule has 0 bridgehead atoms. The van der Waals surface area contributed by atoms with Crippen molar-refractivity contribution in [1.82, 2.24) is 9.97 Å². The van der Waals surface area contributed by atoms with Crippen molar-refractivity contribution in [3.05, 3.63) is 53.1 Å². The number of aromatic nitrogens is 2. The maximum absolute atomic E-state index is 13.2. The third kappa shape index (κ3) is 4.04. The highest BCUT2D eigenvalue weighted by molar-refractivity contribution is 6.30. The van der Waals surface area contributed by atoms with Crippen molar-refractivity contribution >= 4 is 17.3 Å². The Morgan fingerprint density at radius 3 is 2.56 bits per heavy atom. The first-order valence-electron chi connectivity index (χ1n) is 7.92. The number of anilines is 1. The summed E-state index contributed by atoms with van der Waals surface area (Å²) >= 11 is 5.84. The van der Waals surface area contributed by atoms with E-state index in [9.17, 15) is 18.3 Å². The second-order valence-electron chi connectivity index (χ2n) is 6.07. The number of pyridine rings is 2. The highest BCUT2D eigenvalue weighted by Gasteiger charge is 2.38. The summed E-state index contributed by atoms with van der Waals surface area (Å²) in [5, 5.41) is 10.6. The molecule has 134 valence electrons. The lowest BCUT2D eigenvalue weighted by atomic mass is 9.88. The summed E-state index contributed by atoms with van der Waals surface area (Å²) in [5.74, 6) is -0.0260. The lowest BCUT2D eigenvalue weighted by molar-refractivity contribution is -0.140. The predicted molar refractivity (Wildman–Crippen MR) is 88.4 cm³/mol. The lowest BCUT2D eigenvalue weighted by Gasteiger charge is -2.36. The third-order valence-corrected chi connectivity index (χ3v) is 4.66. The number of nitrogens with zero attached hydrogens (tertiary/aromatic N) is 3. The minimum atomic E-state index is -4.54. The van der Waals surface area contributed by atoms with Gasteiger partial charge in [-0.2, -0.15) is 13.2 Å². The molecule has 0 amide bonds. The minimum absolute atomic E-state index is 0.00526. The molecule has 0 aliphatic carbocycles. The number of halogens is 4. The zero-order valence-corrected chi connectivity index (χ0v) is 14.0. The zero-order valence-electron chi connectivity index (χ0n) is 13.2. The van der Waals surface area contributed by atoms with Crippen LogP contribution in [0.1, 0.15) is 30.2 Å². The molecular formula is C17H17ClF3N3O. The van der Waals surface area contributed by atoms with Gasteiger partial charge in [0.1, 0.15) is 0 Å². The average Bonchev–Trinajstić information content (AvgIpc) is 2.61. The fraction of sp³-hybridized carbons (Fsp3) is 0.412. The number of aliphatic hydroxyl groups excluding tert-OH is 1. The van der Waals surface area contributed by atoms with Gasteiger partial charge in [-0.3, -0.25) is 4.98 Å².